The van der Waals surface area contributed by atoms with E-state index in [9.17, 15) is 0 Å². The molecule has 0 bridgehead atoms. The van der Waals surface area contributed by atoms with Crippen LogP contribution in [-0.2, 0) is 20.1 Å². The SMILES string of the molecule is Cn1c(CN2CCCC2)nnc1[C@H]1CCCN(Cc2ccoc2)C1. The van der Waals surface area contributed by atoms with Crippen LogP contribution in [0.5, 0.6) is 0 Å². The van der Waals surface area contributed by atoms with Crippen LogP contribution in [0, 0.1) is 0 Å². The van der Waals surface area contributed by atoms with Crippen molar-refractivity contribution in [3.8, 4) is 0 Å². The Morgan fingerprint density at radius 1 is 1.08 bits per heavy atom. The molecule has 0 amide bonds. The molecule has 1 atom stereocenters. The molecule has 2 aliphatic heterocycles. The zero-order valence-corrected chi connectivity index (χ0v) is 14.5. The minimum atomic E-state index is 0.482. The maximum atomic E-state index is 5.20. The Hall–Kier alpha value is -1.66. The summed E-state index contributed by atoms with van der Waals surface area (Å²) in [4.78, 5) is 4.99. The fraction of sp³-hybridized carbons (Fsp3) is 0.667. The van der Waals surface area contributed by atoms with Gasteiger partial charge in [-0.2, -0.15) is 0 Å². The highest BCUT2D eigenvalue weighted by Gasteiger charge is 2.26. The third kappa shape index (κ3) is 3.39. The van der Waals surface area contributed by atoms with E-state index in [1.165, 1.54) is 44.3 Å². The van der Waals surface area contributed by atoms with E-state index in [0.717, 1.165) is 37.8 Å². The Morgan fingerprint density at radius 2 is 1.92 bits per heavy atom. The lowest BCUT2D eigenvalue weighted by atomic mass is 9.97. The molecule has 0 unspecified atom stereocenters. The molecule has 0 spiro atoms. The van der Waals surface area contributed by atoms with E-state index < -0.39 is 0 Å². The summed E-state index contributed by atoms with van der Waals surface area (Å²) >= 11 is 0. The molecule has 2 saturated heterocycles. The van der Waals surface area contributed by atoms with Crippen molar-refractivity contribution in [2.45, 2.75) is 44.7 Å². The number of nitrogens with zero attached hydrogens (tertiary/aromatic N) is 5. The molecule has 4 heterocycles. The van der Waals surface area contributed by atoms with E-state index in [4.69, 9.17) is 4.42 Å². The van der Waals surface area contributed by atoms with E-state index in [1.54, 1.807) is 6.26 Å². The Kier molecular flexibility index (Phi) is 4.67. The fourth-order valence-corrected chi connectivity index (χ4v) is 4.06. The minimum Gasteiger partial charge on any atom is -0.472 e. The number of rotatable bonds is 5. The van der Waals surface area contributed by atoms with Gasteiger partial charge in [0, 0.05) is 31.6 Å². The topological polar surface area (TPSA) is 50.3 Å². The van der Waals surface area contributed by atoms with Gasteiger partial charge in [-0.25, -0.2) is 0 Å². The van der Waals surface area contributed by atoms with E-state index in [-0.39, 0.29) is 0 Å². The van der Waals surface area contributed by atoms with Crippen LogP contribution in [0.2, 0.25) is 0 Å². The molecular weight excluding hydrogens is 302 g/mol. The number of hydrogen-bond donors (Lipinski definition) is 0. The second kappa shape index (κ2) is 7.07. The van der Waals surface area contributed by atoms with Gasteiger partial charge in [-0.3, -0.25) is 9.80 Å². The van der Waals surface area contributed by atoms with Gasteiger partial charge in [0.2, 0.25) is 0 Å². The molecule has 24 heavy (non-hydrogen) atoms. The molecular formula is C18H27N5O. The molecule has 6 heteroatoms. The Labute approximate surface area is 143 Å². The first-order valence-electron chi connectivity index (χ1n) is 9.13. The van der Waals surface area contributed by atoms with E-state index in [0.29, 0.717) is 5.92 Å². The van der Waals surface area contributed by atoms with Crippen LogP contribution in [0.25, 0.3) is 0 Å². The van der Waals surface area contributed by atoms with E-state index >= 15 is 0 Å². The van der Waals surface area contributed by atoms with Crippen molar-refractivity contribution >= 4 is 0 Å². The first-order chi connectivity index (χ1) is 11.8. The van der Waals surface area contributed by atoms with Gasteiger partial charge in [0.1, 0.15) is 11.6 Å². The largest absolute Gasteiger partial charge is 0.472 e. The van der Waals surface area contributed by atoms with Crippen LogP contribution in [0.4, 0.5) is 0 Å². The maximum Gasteiger partial charge on any atom is 0.146 e. The van der Waals surface area contributed by atoms with Crippen LogP contribution in [0.15, 0.2) is 23.0 Å². The lowest BCUT2D eigenvalue weighted by Gasteiger charge is -2.31. The molecule has 2 aromatic heterocycles. The number of piperidine rings is 1. The smallest absolute Gasteiger partial charge is 0.146 e. The fourth-order valence-electron chi connectivity index (χ4n) is 4.06. The summed E-state index contributed by atoms with van der Waals surface area (Å²) in [6, 6.07) is 2.06. The minimum absolute atomic E-state index is 0.482. The lowest BCUT2D eigenvalue weighted by molar-refractivity contribution is 0.194. The molecule has 0 N–H and O–H groups in total. The number of likely N-dealkylation sites (tertiary alicyclic amines) is 2. The molecule has 2 aliphatic rings. The van der Waals surface area contributed by atoms with Gasteiger partial charge < -0.3 is 8.98 Å². The predicted molar refractivity (Wildman–Crippen MR) is 91.5 cm³/mol. The zero-order valence-electron chi connectivity index (χ0n) is 14.5. The third-order valence-corrected chi connectivity index (χ3v) is 5.42. The van der Waals surface area contributed by atoms with Crippen molar-refractivity contribution < 1.29 is 4.42 Å². The lowest BCUT2D eigenvalue weighted by Crippen LogP contribution is -2.34. The van der Waals surface area contributed by atoms with Gasteiger partial charge in [-0.05, 0) is 51.4 Å². The van der Waals surface area contributed by atoms with Crippen molar-refractivity contribution in [3.63, 3.8) is 0 Å². The normalized spacial score (nSPS) is 23.1. The van der Waals surface area contributed by atoms with Crippen molar-refractivity contribution in [1.82, 2.24) is 24.6 Å². The Morgan fingerprint density at radius 3 is 2.71 bits per heavy atom. The van der Waals surface area contributed by atoms with Crippen molar-refractivity contribution in [2.24, 2.45) is 7.05 Å². The summed E-state index contributed by atoms with van der Waals surface area (Å²) in [5.74, 6) is 2.75. The highest BCUT2D eigenvalue weighted by atomic mass is 16.3. The zero-order chi connectivity index (χ0) is 16.4. The molecule has 0 aliphatic carbocycles. The second-order valence-electron chi connectivity index (χ2n) is 7.22. The molecule has 4 rings (SSSR count). The van der Waals surface area contributed by atoms with Gasteiger partial charge in [0.25, 0.3) is 0 Å². The first-order valence-corrected chi connectivity index (χ1v) is 9.13. The van der Waals surface area contributed by atoms with Gasteiger partial charge >= 0.3 is 0 Å². The Bertz CT molecular complexity index is 644. The molecule has 130 valence electrons. The highest BCUT2D eigenvalue weighted by molar-refractivity contribution is 5.08. The molecule has 2 aromatic rings. The summed E-state index contributed by atoms with van der Waals surface area (Å²) in [5, 5.41) is 9.05. The highest BCUT2D eigenvalue weighted by Crippen LogP contribution is 2.27. The molecule has 2 fully saturated rings. The van der Waals surface area contributed by atoms with Gasteiger partial charge in [0.15, 0.2) is 0 Å². The van der Waals surface area contributed by atoms with Crippen LogP contribution >= 0.6 is 0 Å². The molecule has 0 aromatic carbocycles. The molecule has 0 radical (unpaired) electrons. The van der Waals surface area contributed by atoms with Gasteiger partial charge in [-0.1, -0.05) is 0 Å². The number of aromatic nitrogens is 3. The average Bonchev–Trinajstić information content (AvgIpc) is 3.33. The average molecular weight is 329 g/mol. The van der Waals surface area contributed by atoms with Crippen molar-refractivity contribution in [2.75, 3.05) is 26.2 Å². The van der Waals surface area contributed by atoms with Crippen LogP contribution in [-0.4, -0.2) is 50.7 Å². The monoisotopic (exact) mass is 329 g/mol. The summed E-state index contributed by atoms with van der Waals surface area (Å²) in [5.41, 5.74) is 1.25. The van der Waals surface area contributed by atoms with Gasteiger partial charge in [-0.15, -0.1) is 10.2 Å². The first kappa shape index (κ1) is 15.8. The summed E-state index contributed by atoms with van der Waals surface area (Å²) < 4.78 is 7.44. The second-order valence-corrected chi connectivity index (χ2v) is 7.22. The predicted octanol–water partition coefficient (Wildman–Crippen LogP) is 2.38. The van der Waals surface area contributed by atoms with Gasteiger partial charge in [0.05, 0.1) is 19.1 Å². The number of hydrogen-bond acceptors (Lipinski definition) is 5. The van der Waals surface area contributed by atoms with E-state index in [1.807, 2.05) is 6.26 Å². The maximum absolute atomic E-state index is 5.20. The summed E-state index contributed by atoms with van der Waals surface area (Å²) in [6.07, 6.45) is 8.66. The third-order valence-electron chi connectivity index (χ3n) is 5.42. The molecule has 6 nitrogen and oxygen atoms in total. The standard InChI is InChI=1S/C18H27N5O/c1-21-17(13-22-7-2-3-8-22)19-20-18(21)16-5-4-9-23(12-16)11-15-6-10-24-14-15/h6,10,14,16H,2-5,7-9,11-13H2,1H3/t16-/m0/s1. The quantitative estimate of drug-likeness (QED) is 0.843. The summed E-state index contributed by atoms with van der Waals surface area (Å²) in [6.45, 7) is 6.51. The van der Waals surface area contributed by atoms with Crippen LogP contribution in [0.1, 0.15) is 48.8 Å². The van der Waals surface area contributed by atoms with Crippen LogP contribution in [0.3, 0.4) is 0 Å². The van der Waals surface area contributed by atoms with Crippen molar-refractivity contribution in [3.05, 3.63) is 35.8 Å². The van der Waals surface area contributed by atoms with Crippen molar-refractivity contribution in [1.29, 1.82) is 0 Å². The van der Waals surface area contributed by atoms with Crippen LogP contribution < -0.4 is 0 Å². The molecule has 0 saturated carbocycles. The number of furan rings is 1. The van der Waals surface area contributed by atoms with E-state index in [2.05, 4.69) is 37.7 Å². The summed E-state index contributed by atoms with van der Waals surface area (Å²) in [7, 11) is 2.13. The Balaban J connectivity index is 1.42.